The van der Waals surface area contributed by atoms with E-state index in [0.29, 0.717) is 5.92 Å². The summed E-state index contributed by atoms with van der Waals surface area (Å²) in [7, 11) is 0. The second-order valence-electron chi connectivity index (χ2n) is 3.77. The molecule has 0 fully saturated rings. The summed E-state index contributed by atoms with van der Waals surface area (Å²) in [6, 6.07) is 6.65. The first-order chi connectivity index (χ1) is 6.31. The van der Waals surface area contributed by atoms with Crippen LogP contribution in [0.25, 0.3) is 0 Å². The lowest BCUT2D eigenvalue weighted by atomic mass is 9.97. The van der Waals surface area contributed by atoms with Gasteiger partial charge in [0.25, 0.3) is 0 Å². The average molecular weight is 176 g/mol. The summed E-state index contributed by atoms with van der Waals surface area (Å²) < 4.78 is 5.53. The first-order valence-corrected chi connectivity index (χ1v) is 5.07. The molecule has 0 amide bonds. The minimum atomic E-state index is 0.648. The van der Waals surface area contributed by atoms with E-state index in [-0.39, 0.29) is 0 Å². The summed E-state index contributed by atoms with van der Waals surface area (Å²) in [6.07, 6.45) is 2.27. The van der Waals surface area contributed by atoms with Crippen LogP contribution in [-0.4, -0.2) is 6.61 Å². The number of hydrogen-bond donors (Lipinski definition) is 0. The van der Waals surface area contributed by atoms with Crippen molar-refractivity contribution in [2.75, 3.05) is 6.61 Å². The van der Waals surface area contributed by atoms with Gasteiger partial charge in [0.1, 0.15) is 5.75 Å². The lowest BCUT2D eigenvalue weighted by molar-refractivity contribution is 0.356. The number of hydrogen-bond acceptors (Lipinski definition) is 1. The summed E-state index contributed by atoms with van der Waals surface area (Å²) in [5, 5.41) is 0. The lowest BCUT2D eigenvalue weighted by Gasteiger charge is -2.09. The fourth-order valence-corrected chi connectivity index (χ4v) is 1.73. The molecular formula is C12H16O. The van der Waals surface area contributed by atoms with Crippen molar-refractivity contribution in [1.29, 1.82) is 0 Å². The highest BCUT2D eigenvalue weighted by molar-refractivity contribution is 5.41. The molecule has 2 rings (SSSR count). The molecule has 1 aromatic carbocycles. The van der Waals surface area contributed by atoms with E-state index in [9.17, 15) is 0 Å². The molecular weight excluding hydrogens is 160 g/mol. The topological polar surface area (TPSA) is 9.23 Å². The van der Waals surface area contributed by atoms with E-state index >= 15 is 0 Å². The van der Waals surface area contributed by atoms with Gasteiger partial charge in [-0.3, -0.25) is 0 Å². The van der Waals surface area contributed by atoms with E-state index in [0.717, 1.165) is 18.8 Å². The normalized spacial score (nSPS) is 16.5. The Labute approximate surface area is 79.7 Å². The van der Waals surface area contributed by atoms with Gasteiger partial charge in [-0.15, -0.1) is 0 Å². The van der Waals surface area contributed by atoms with Gasteiger partial charge in [-0.1, -0.05) is 26.0 Å². The molecule has 0 bridgehead atoms. The van der Waals surface area contributed by atoms with Crippen LogP contribution in [0.15, 0.2) is 18.2 Å². The largest absolute Gasteiger partial charge is 0.493 e. The van der Waals surface area contributed by atoms with E-state index in [1.54, 1.807) is 0 Å². The molecule has 1 aliphatic heterocycles. The fraction of sp³-hybridized carbons (Fsp3) is 0.500. The molecule has 70 valence electrons. The van der Waals surface area contributed by atoms with Crippen LogP contribution in [-0.2, 0) is 6.42 Å². The maximum atomic E-state index is 5.53. The summed E-state index contributed by atoms with van der Waals surface area (Å²) >= 11 is 0. The Balaban J connectivity index is 2.30. The zero-order chi connectivity index (χ0) is 9.26. The number of fused-ring (bicyclic) bond motifs is 1. The molecule has 0 saturated heterocycles. The number of benzene rings is 1. The zero-order valence-corrected chi connectivity index (χ0v) is 8.34. The van der Waals surface area contributed by atoms with Gasteiger partial charge in [0, 0.05) is 6.42 Å². The smallest absolute Gasteiger partial charge is 0.122 e. The van der Waals surface area contributed by atoms with Gasteiger partial charge in [-0.2, -0.15) is 0 Å². The van der Waals surface area contributed by atoms with E-state index in [1.807, 2.05) is 0 Å². The molecule has 1 aromatic rings. The van der Waals surface area contributed by atoms with Crippen LogP contribution >= 0.6 is 0 Å². The van der Waals surface area contributed by atoms with Crippen LogP contribution in [0.3, 0.4) is 0 Å². The zero-order valence-electron chi connectivity index (χ0n) is 8.34. The number of ether oxygens (including phenoxy) is 1. The third-order valence-electron chi connectivity index (χ3n) is 2.90. The van der Waals surface area contributed by atoms with Crippen molar-refractivity contribution in [2.24, 2.45) is 0 Å². The minimum absolute atomic E-state index is 0.648. The van der Waals surface area contributed by atoms with Gasteiger partial charge >= 0.3 is 0 Å². The van der Waals surface area contributed by atoms with Crippen LogP contribution in [0.2, 0.25) is 0 Å². The molecule has 0 radical (unpaired) electrons. The molecule has 13 heavy (non-hydrogen) atoms. The average Bonchev–Trinajstić information content (AvgIpc) is 2.63. The highest BCUT2D eigenvalue weighted by atomic mass is 16.5. The summed E-state index contributed by atoms with van der Waals surface area (Å²) in [5.41, 5.74) is 2.77. The SMILES string of the molecule is CCC(C)c1ccc2c(c1)OCC2. The van der Waals surface area contributed by atoms with Crippen molar-refractivity contribution < 1.29 is 4.74 Å². The maximum Gasteiger partial charge on any atom is 0.122 e. The molecule has 0 N–H and O–H groups in total. The Morgan fingerprint density at radius 1 is 1.46 bits per heavy atom. The van der Waals surface area contributed by atoms with Crippen LogP contribution in [0, 0.1) is 0 Å². The second kappa shape index (κ2) is 3.41. The number of rotatable bonds is 2. The molecule has 0 aliphatic carbocycles. The predicted molar refractivity (Wildman–Crippen MR) is 54.3 cm³/mol. The van der Waals surface area contributed by atoms with Gasteiger partial charge < -0.3 is 4.74 Å². The lowest BCUT2D eigenvalue weighted by Crippen LogP contribution is -1.91. The first-order valence-electron chi connectivity index (χ1n) is 5.07. The van der Waals surface area contributed by atoms with Crippen molar-refractivity contribution in [3.05, 3.63) is 29.3 Å². The summed E-state index contributed by atoms with van der Waals surface area (Å²) in [6.45, 7) is 5.34. The first kappa shape index (κ1) is 8.61. The molecule has 1 atom stereocenters. The maximum absolute atomic E-state index is 5.53. The highest BCUT2D eigenvalue weighted by Gasteiger charge is 2.13. The van der Waals surface area contributed by atoms with Crippen molar-refractivity contribution in [3.8, 4) is 5.75 Å². The molecule has 1 heteroatoms. The highest BCUT2D eigenvalue weighted by Crippen LogP contribution is 2.29. The van der Waals surface area contributed by atoms with E-state index < -0.39 is 0 Å². The Bertz CT molecular complexity index is 304. The quantitative estimate of drug-likeness (QED) is 0.672. The Morgan fingerprint density at radius 2 is 2.31 bits per heavy atom. The standard InChI is InChI=1S/C12H16O/c1-3-9(2)11-5-4-10-6-7-13-12(10)8-11/h4-5,8-9H,3,6-7H2,1-2H3. The Hall–Kier alpha value is -0.980. The minimum Gasteiger partial charge on any atom is -0.493 e. The van der Waals surface area contributed by atoms with Crippen LogP contribution in [0.5, 0.6) is 5.75 Å². The van der Waals surface area contributed by atoms with Gasteiger partial charge in [0.15, 0.2) is 0 Å². The summed E-state index contributed by atoms with van der Waals surface area (Å²) in [4.78, 5) is 0. The van der Waals surface area contributed by atoms with Crippen LogP contribution in [0.1, 0.15) is 37.3 Å². The summed E-state index contributed by atoms with van der Waals surface area (Å²) in [5.74, 6) is 1.76. The van der Waals surface area contributed by atoms with Gasteiger partial charge in [0.05, 0.1) is 6.61 Å². The Kier molecular flexibility index (Phi) is 2.26. The second-order valence-corrected chi connectivity index (χ2v) is 3.77. The van der Waals surface area contributed by atoms with Crippen molar-refractivity contribution in [1.82, 2.24) is 0 Å². The Morgan fingerprint density at radius 3 is 3.08 bits per heavy atom. The predicted octanol–water partition coefficient (Wildman–Crippen LogP) is 3.14. The third kappa shape index (κ3) is 1.55. The van der Waals surface area contributed by atoms with E-state index in [4.69, 9.17) is 4.74 Å². The third-order valence-corrected chi connectivity index (χ3v) is 2.90. The van der Waals surface area contributed by atoms with E-state index in [2.05, 4.69) is 32.0 Å². The molecule has 0 saturated carbocycles. The molecule has 0 aromatic heterocycles. The van der Waals surface area contributed by atoms with Crippen molar-refractivity contribution >= 4 is 0 Å². The van der Waals surface area contributed by atoms with Gasteiger partial charge in [-0.25, -0.2) is 0 Å². The van der Waals surface area contributed by atoms with Gasteiger partial charge in [-0.05, 0) is 29.5 Å². The van der Waals surface area contributed by atoms with Gasteiger partial charge in [0.2, 0.25) is 0 Å². The monoisotopic (exact) mass is 176 g/mol. The molecule has 1 heterocycles. The fourth-order valence-electron chi connectivity index (χ4n) is 1.73. The van der Waals surface area contributed by atoms with Crippen molar-refractivity contribution in [3.63, 3.8) is 0 Å². The molecule has 1 unspecified atom stereocenters. The van der Waals surface area contributed by atoms with E-state index in [1.165, 1.54) is 17.5 Å². The molecule has 0 spiro atoms. The molecule has 1 aliphatic rings. The molecule has 1 nitrogen and oxygen atoms in total. The van der Waals surface area contributed by atoms with Crippen LogP contribution in [0.4, 0.5) is 0 Å². The van der Waals surface area contributed by atoms with Crippen molar-refractivity contribution in [2.45, 2.75) is 32.6 Å². The van der Waals surface area contributed by atoms with Crippen LogP contribution < -0.4 is 4.74 Å².